The summed E-state index contributed by atoms with van der Waals surface area (Å²) in [6.45, 7) is 0.0604. The number of carboxylic acid groups (broad SMARTS) is 1. The van der Waals surface area contributed by atoms with Crippen molar-refractivity contribution in [3.8, 4) is 22.3 Å². The number of carboxylic acids is 1. The summed E-state index contributed by atoms with van der Waals surface area (Å²) in [4.78, 5) is 42.1. The van der Waals surface area contributed by atoms with Crippen molar-refractivity contribution in [2.45, 2.75) is 19.0 Å². The number of rotatable bonds is 11. The Hall–Kier alpha value is -5.40. The van der Waals surface area contributed by atoms with Gasteiger partial charge < -0.3 is 15.3 Å². The van der Waals surface area contributed by atoms with Gasteiger partial charge >= 0.3 is 5.97 Å². The summed E-state index contributed by atoms with van der Waals surface area (Å²) in [6, 6.07) is 42.8. The van der Waals surface area contributed by atoms with Gasteiger partial charge in [0.1, 0.15) is 6.04 Å². The first-order valence-corrected chi connectivity index (χ1v) is 17.2. The van der Waals surface area contributed by atoms with Crippen LogP contribution in [0.15, 0.2) is 146 Å². The number of amides is 2. The number of benzene rings is 6. The molecule has 0 radical (unpaired) electrons. The van der Waals surface area contributed by atoms with E-state index in [9.17, 15) is 19.5 Å². The van der Waals surface area contributed by atoms with Crippen LogP contribution >= 0.6 is 34.8 Å². The van der Waals surface area contributed by atoms with Crippen molar-refractivity contribution in [1.29, 1.82) is 0 Å². The third kappa shape index (κ3) is 8.67. The van der Waals surface area contributed by atoms with Gasteiger partial charge in [-0.2, -0.15) is 0 Å². The molecule has 2 amide bonds. The summed E-state index contributed by atoms with van der Waals surface area (Å²) in [5.41, 5.74) is 5.97. The molecule has 2 N–H and O–H groups in total. The largest absolute Gasteiger partial charge is 0.480 e. The number of anilines is 1. The molecule has 0 aliphatic heterocycles. The van der Waals surface area contributed by atoms with Gasteiger partial charge in [-0.15, -0.1) is 0 Å². The number of hydrogen-bond donors (Lipinski definition) is 2. The molecule has 6 aromatic carbocycles. The van der Waals surface area contributed by atoms with E-state index in [2.05, 4.69) is 5.32 Å². The van der Waals surface area contributed by atoms with Gasteiger partial charge in [0.2, 0.25) is 0 Å². The van der Waals surface area contributed by atoms with Crippen LogP contribution < -0.4 is 10.2 Å². The maximum Gasteiger partial charge on any atom is 0.326 e. The van der Waals surface area contributed by atoms with E-state index in [1.54, 1.807) is 18.2 Å². The fourth-order valence-corrected chi connectivity index (χ4v) is 6.41. The van der Waals surface area contributed by atoms with Crippen molar-refractivity contribution in [3.05, 3.63) is 183 Å². The number of hydrogen-bond acceptors (Lipinski definition) is 3. The molecule has 0 spiro atoms. The molecule has 0 aliphatic rings. The highest BCUT2D eigenvalue weighted by molar-refractivity contribution is 6.37. The zero-order valence-electron chi connectivity index (χ0n) is 27.1. The van der Waals surface area contributed by atoms with Gasteiger partial charge in [-0.05, 0) is 69.8 Å². The minimum absolute atomic E-state index is 0.0208. The molecule has 6 aromatic rings. The minimum Gasteiger partial charge on any atom is -0.480 e. The van der Waals surface area contributed by atoms with Gasteiger partial charge in [-0.3, -0.25) is 9.59 Å². The van der Waals surface area contributed by atoms with E-state index in [1.807, 2.05) is 109 Å². The standard InChI is InChI=1S/C42H31Cl3N2O4/c43-33-20-22-39(36(24-33)40(48)46-38(42(50)51)23-27-11-15-31(16-12-27)29-7-3-1-4-8-29)47(41(49)35-21-19-34(44)25-37(35)45)26-28-13-17-32(18-14-28)30-9-5-2-6-10-30/h1-22,24-25,38H,23,26H2,(H,46,48)(H,50,51). The Morgan fingerprint density at radius 2 is 1.10 bits per heavy atom. The molecular weight excluding hydrogens is 703 g/mol. The normalized spacial score (nSPS) is 11.4. The van der Waals surface area contributed by atoms with Crippen LogP contribution in [0.25, 0.3) is 22.3 Å². The molecule has 0 heterocycles. The Morgan fingerprint density at radius 1 is 0.588 bits per heavy atom. The van der Waals surface area contributed by atoms with Crippen molar-refractivity contribution in [2.24, 2.45) is 0 Å². The Bertz CT molecular complexity index is 2180. The number of aliphatic carboxylic acids is 1. The second-order valence-electron chi connectivity index (χ2n) is 11.9. The number of nitrogens with zero attached hydrogens (tertiary/aromatic N) is 1. The molecular formula is C42H31Cl3N2O4. The van der Waals surface area contributed by atoms with Gasteiger partial charge in [0.05, 0.1) is 28.4 Å². The lowest BCUT2D eigenvalue weighted by molar-refractivity contribution is -0.139. The Kier molecular flexibility index (Phi) is 11.2. The van der Waals surface area contributed by atoms with Crippen molar-refractivity contribution in [2.75, 3.05) is 4.90 Å². The van der Waals surface area contributed by atoms with Crippen molar-refractivity contribution in [3.63, 3.8) is 0 Å². The summed E-state index contributed by atoms with van der Waals surface area (Å²) in [5.74, 6) is -2.41. The summed E-state index contributed by atoms with van der Waals surface area (Å²) < 4.78 is 0. The first-order chi connectivity index (χ1) is 24.7. The van der Waals surface area contributed by atoms with E-state index < -0.39 is 23.8 Å². The van der Waals surface area contributed by atoms with E-state index in [1.165, 1.54) is 23.1 Å². The summed E-state index contributed by atoms with van der Waals surface area (Å²) in [7, 11) is 0. The molecule has 9 heteroatoms. The summed E-state index contributed by atoms with van der Waals surface area (Å²) >= 11 is 19.0. The van der Waals surface area contributed by atoms with Crippen molar-refractivity contribution in [1.82, 2.24) is 5.32 Å². The smallest absolute Gasteiger partial charge is 0.326 e. The fraction of sp³-hybridized carbons (Fsp3) is 0.0714. The predicted octanol–water partition coefficient (Wildman–Crippen LogP) is 10.3. The lowest BCUT2D eigenvalue weighted by Gasteiger charge is -2.26. The molecule has 1 unspecified atom stereocenters. The number of halogens is 3. The molecule has 0 aromatic heterocycles. The van der Waals surface area contributed by atoms with Crippen LogP contribution in [-0.2, 0) is 17.8 Å². The second-order valence-corrected chi connectivity index (χ2v) is 13.2. The second kappa shape index (κ2) is 16.1. The number of carbonyl (C=O) groups excluding carboxylic acids is 2. The van der Waals surface area contributed by atoms with Gasteiger partial charge in [-0.25, -0.2) is 4.79 Å². The van der Waals surface area contributed by atoms with Crippen LogP contribution in [0.3, 0.4) is 0 Å². The van der Waals surface area contributed by atoms with Crippen LogP contribution in [-0.4, -0.2) is 28.9 Å². The maximum absolute atomic E-state index is 14.3. The third-order valence-electron chi connectivity index (χ3n) is 8.41. The highest BCUT2D eigenvalue weighted by atomic mass is 35.5. The van der Waals surface area contributed by atoms with Gasteiger partial charge in [0.25, 0.3) is 11.8 Å². The summed E-state index contributed by atoms with van der Waals surface area (Å²) in [6.07, 6.45) is 0.0306. The zero-order valence-corrected chi connectivity index (χ0v) is 29.4. The van der Waals surface area contributed by atoms with E-state index in [-0.39, 0.29) is 39.8 Å². The SMILES string of the molecule is O=C(NC(Cc1ccc(-c2ccccc2)cc1)C(=O)O)c1cc(Cl)ccc1N(Cc1ccc(-c2ccccc2)cc1)C(=O)c1ccc(Cl)cc1Cl. The predicted molar refractivity (Wildman–Crippen MR) is 205 cm³/mol. The average molecular weight is 734 g/mol. The lowest BCUT2D eigenvalue weighted by Crippen LogP contribution is -2.43. The Morgan fingerprint density at radius 3 is 1.65 bits per heavy atom. The van der Waals surface area contributed by atoms with Crippen LogP contribution in [0.4, 0.5) is 5.69 Å². The molecule has 0 fully saturated rings. The van der Waals surface area contributed by atoms with Gasteiger partial charge in [0, 0.05) is 16.5 Å². The highest BCUT2D eigenvalue weighted by Gasteiger charge is 2.28. The van der Waals surface area contributed by atoms with Gasteiger partial charge in [-0.1, -0.05) is 144 Å². The molecule has 0 bridgehead atoms. The monoisotopic (exact) mass is 732 g/mol. The van der Waals surface area contributed by atoms with E-state index >= 15 is 0 Å². The number of nitrogens with one attached hydrogen (secondary N) is 1. The van der Waals surface area contributed by atoms with Crippen molar-refractivity contribution < 1.29 is 19.5 Å². The molecule has 1 atom stereocenters. The summed E-state index contributed by atoms with van der Waals surface area (Å²) in [5, 5.41) is 13.5. The van der Waals surface area contributed by atoms with E-state index in [0.29, 0.717) is 5.02 Å². The average Bonchev–Trinajstić information content (AvgIpc) is 3.14. The minimum atomic E-state index is -1.27. The molecule has 6 rings (SSSR count). The van der Waals surface area contributed by atoms with Crippen molar-refractivity contribution >= 4 is 58.3 Å². The molecule has 254 valence electrons. The van der Waals surface area contributed by atoms with Crippen LogP contribution in [0.5, 0.6) is 0 Å². The van der Waals surface area contributed by atoms with Crippen LogP contribution in [0, 0.1) is 0 Å². The Balaban J connectivity index is 1.31. The van der Waals surface area contributed by atoms with Crippen LogP contribution in [0.1, 0.15) is 31.8 Å². The quantitative estimate of drug-likeness (QED) is 0.139. The number of carbonyl (C=O) groups is 3. The molecule has 51 heavy (non-hydrogen) atoms. The molecule has 0 saturated carbocycles. The molecule has 0 saturated heterocycles. The topological polar surface area (TPSA) is 86.7 Å². The molecule has 6 nitrogen and oxygen atoms in total. The van der Waals surface area contributed by atoms with Crippen LogP contribution in [0.2, 0.25) is 15.1 Å². The van der Waals surface area contributed by atoms with Gasteiger partial charge in [0.15, 0.2) is 0 Å². The van der Waals surface area contributed by atoms with E-state index in [4.69, 9.17) is 34.8 Å². The molecule has 0 aliphatic carbocycles. The highest BCUT2D eigenvalue weighted by Crippen LogP contribution is 2.31. The fourth-order valence-electron chi connectivity index (χ4n) is 5.75. The Labute approximate surface area is 310 Å². The first kappa shape index (κ1) is 35.4. The third-order valence-corrected chi connectivity index (χ3v) is 9.19. The maximum atomic E-state index is 14.3. The lowest BCUT2D eigenvalue weighted by atomic mass is 10.00. The zero-order chi connectivity index (χ0) is 35.9. The first-order valence-electron chi connectivity index (χ1n) is 16.0. The van der Waals surface area contributed by atoms with E-state index in [0.717, 1.165) is 33.4 Å².